The summed E-state index contributed by atoms with van der Waals surface area (Å²) in [4.78, 5) is 35.4. The van der Waals surface area contributed by atoms with E-state index < -0.39 is 18.0 Å². The molecule has 0 saturated carbocycles. The summed E-state index contributed by atoms with van der Waals surface area (Å²) >= 11 is 0. The summed E-state index contributed by atoms with van der Waals surface area (Å²) in [5, 5.41) is 2.78. The molecule has 2 aromatic carbocycles. The van der Waals surface area contributed by atoms with Gasteiger partial charge in [0.2, 0.25) is 5.91 Å². The Morgan fingerprint density at radius 3 is 2.33 bits per heavy atom. The maximum Gasteiger partial charge on any atom is 0.330 e. The number of rotatable bonds is 8. The molecule has 1 N–H and O–H groups in total. The lowest BCUT2D eigenvalue weighted by molar-refractivity contribution is -0.136. The van der Waals surface area contributed by atoms with Crippen LogP contribution in [0.2, 0.25) is 0 Å². The predicted octanol–water partition coefficient (Wildman–Crippen LogP) is 3.36. The first-order valence-electron chi connectivity index (χ1n) is 9.30. The van der Waals surface area contributed by atoms with Gasteiger partial charge in [-0.2, -0.15) is 0 Å². The Balaban J connectivity index is 2.14. The van der Waals surface area contributed by atoms with Gasteiger partial charge in [-0.25, -0.2) is 4.79 Å². The standard InChI is InChI=1S/C23H25NO6/c1-15-5-9-18(10-6-15)19(24-16(2)25)14-23(27)30-20-11-7-17(13-21(20)28-3)8-12-22(26)29-4/h5-13,19H,14H2,1-4H3,(H,24,25)/b12-8-/t19-/m0/s1. The molecule has 0 aliphatic rings. The maximum absolute atomic E-state index is 12.5. The molecular weight excluding hydrogens is 386 g/mol. The summed E-state index contributed by atoms with van der Waals surface area (Å²) in [5.41, 5.74) is 2.56. The van der Waals surface area contributed by atoms with E-state index in [1.54, 1.807) is 24.3 Å². The van der Waals surface area contributed by atoms with Gasteiger partial charge in [0.1, 0.15) is 0 Å². The third-order valence-electron chi connectivity index (χ3n) is 4.25. The molecule has 0 heterocycles. The first-order valence-corrected chi connectivity index (χ1v) is 9.30. The monoisotopic (exact) mass is 411 g/mol. The lowest BCUT2D eigenvalue weighted by Gasteiger charge is -2.18. The maximum atomic E-state index is 12.5. The van der Waals surface area contributed by atoms with E-state index >= 15 is 0 Å². The Labute approximate surface area is 175 Å². The van der Waals surface area contributed by atoms with Crippen molar-refractivity contribution < 1.29 is 28.6 Å². The van der Waals surface area contributed by atoms with Gasteiger partial charge >= 0.3 is 11.9 Å². The number of benzene rings is 2. The highest BCUT2D eigenvalue weighted by Crippen LogP contribution is 2.29. The number of aryl methyl sites for hydroxylation is 1. The molecule has 0 aliphatic carbocycles. The van der Waals surface area contributed by atoms with Crippen molar-refractivity contribution in [3.05, 3.63) is 65.2 Å². The van der Waals surface area contributed by atoms with E-state index in [1.807, 2.05) is 31.2 Å². The molecule has 7 nitrogen and oxygen atoms in total. The average Bonchev–Trinajstić information content (AvgIpc) is 2.72. The van der Waals surface area contributed by atoms with Gasteiger partial charge in [0.25, 0.3) is 0 Å². The quantitative estimate of drug-likeness (QED) is 0.407. The van der Waals surface area contributed by atoms with Gasteiger partial charge in [-0.1, -0.05) is 35.9 Å². The zero-order valence-corrected chi connectivity index (χ0v) is 17.4. The van der Waals surface area contributed by atoms with Crippen LogP contribution in [0, 0.1) is 6.92 Å². The molecule has 0 radical (unpaired) electrons. The van der Waals surface area contributed by atoms with Crippen LogP contribution in [0.3, 0.4) is 0 Å². The fourth-order valence-electron chi connectivity index (χ4n) is 2.73. The predicted molar refractivity (Wildman–Crippen MR) is 112 cm³/mol. The van der Waals surface area contributed by atoms with Gasteiger partial charge < -0.3 is 19.5 Å². The Bertz CT molecular complexity index is 933. The van der Waals surface area contributed by atoms with Crippen molar-refractivity contribution >= 4 is 23.9 Å². The second-order valence-electron chi connectivity index (χ2n) is 6.61. The summed E-state index contributed by atoms with van der Waals surface area (Å²) < 4.78 is 15.3. The van der Waals surface area contributed by atoms with Crippen LogP contribution < -0.4 is 14.8 Å². The molecule has 7 heteroatoms. The van der Waals surface area contributed by atoms with E-state index in [0.717, 1.165) is 11.1 Å². The van der Waals surface area contributed by atoms with Crippen molar-refractivity contribution in [1.29, 1.82) is 0 Å². The number of esters is 2. The van der Waals surface area contributed by atoms with Crippen LogP contribution in [-0.4, -0.2) is 32.1 Å². The second-order valence-corrected chi connectivity index (χ2v) is 6.61. The van der Waals surface area contributed by atoms with Gasteiger partial charge in [0.15, 0.2) is 11.5 Å². The van der Waals surface area contributed by atoms with E-state index in [0.29, 0.717) is 11.3 Å². The first-order chi connectivity index (χ1) is 14.3. The highest BCUT2D eigenvalue weighted by molar-refractivity contribution is 5.87. The van der Waals surface area contributed by atoms with Gasteiger partial charge in [0.05, 0.1) is 26.7 Å². The minimum atomic E-state index is -0.523. The number of hydrogen-bond donors (Lipinski definition) is 1. The average molecular weight is 411 g/mol. The Kier molecular flexibility index (Phi) is 8.17. The highest BCUT2D eigenvalue weighted by atomic mass is 16.6. The van der Waals surface area contributed by atoms with Crippen LogP contribution in [0.1, 0.15) is 36.1 Å². The fraction of sp³-hybridized carbons (Fsp3) is 0.261. The molecule has 0 aromatic heterocycles. The van der Waals surface area contributed by atoms with Crippen LogP contribution in [-0.2, 0) is 19.1 Å². The van der Waals surface area contributed by atoms with E-state index in [1.165, 1.54) is 27.2 Å². The first kappa shape index (κ1) is 22.7. The minimum Gasteiger partial charge on any atom is -0.493 e. The highest BCUT2D eigenvalue weighted by Gasteiger charge is 2.20. The van der Waals surface area contributed by atoms with Crippen molar-refractivity contribution in [1.82, 2.24) is 5.32 Å². The van der Waals surface area contributed by atoms with E-state index in [9.17, 15) is 14.4 Å². The zero-order chi connectivity index (χ0) is 22.1. The van der Waals surface area contributed by atoms with Crippen molar-refractivity contribution in [2.24, 2.45) is 0 Å². The molecule has 2 aromatic rings. The number of methoxy groups -OCH3 is 2. The van der Waals surface area contributed by atoms with Crippen molar-refractivity contribution in [3.8, 4) is 11.5 Å². The number of ether oxygens (including phenoxy) is 3. The number of amides is 1. The van der Waals surface area contributed by atoms with E-state index in [4.69, 9.17) is 9.47 Å². The number of carbonyl (C=O) groups excluding carboxylic acids is 3. The van der Waals surface area contributed by atoms with Crippen LogP contribution in [0.4, 0.5) is 0 Å². The third-order valence-corrected chi connectivity index (χ3v) is 4.25. The van der Waals surface area contributed by atoms with Crippen LogP contribution in [0.25, 0.3) is 6.08 Å². The molecule has 0 fully saturated rings. The summed E-state index contributed by atoms with van der Waals surface area (Å²) in [6.07, 6.45) is 2.79. The third kappa shape index (κ3) is 6.77. The Morgan fingerprint density at radius 2 is 1.73 bits per heavy atom. The van der Waals surface area contributed by atoms with Crippen molar-refractivity contribution in [2.75, 3.05) is 14.2 Å². The molecule has 0 spiro atoms. The van der Waals surface area contributed by atoms with Crippen LogP contribution in [0.5, 0.6) is 11.5 Å². The topological polar surface area (TPSA) is 90.9 Å². The van der Waals surface area contributed by atoms with Crippen molar-refractivity contribution in [3.63, 3.8) is 0 Å². The number of nitrogens with one attached hydrogen (secondary N) is 1. The van der Waals surface area contributed by atoms with Crippen LogP contribution in [0.15, 0.2) is 48.5 Å². The minimum absolute atomic E-state index is 0.0458. The number of carbonyl (C=O) groups is 3. The van der Waals surface area contributed by atoms with Crippen molar-refractivity contribution in [2.45, 2.75) is 26.3 Å². The molecule has 2 rings (SSSR count). The zero-order valence-electron chi connectivity index (χ0n) is 17.4. The van der Waals surface area contributed by atoms with Gasteiger partial charge in [-0.3, -0.25) is 9.59 Å². The summed E-state index contributed by atoms with van der Waals surface area (Å²) in [5.74, 6) is -0.673. The molecule has 0 aliphatic heterocycles. The molecule has 0 unspecified atom stereocenters. The summed E-state index contributed by atoms with van der Waals surface area (Å²) in [6, 6.07) is 11.9. The number of hydrogen-bond acceptors (Lipinski definition) is 6. The molecule has 1 atom stereocenters. The summed E-state index contributed by atoms with van der Waals surface area (Å²) in [6.45, 7) is 3.36. The molecule has 0 saturated heterocycles. The van der Waals surface area contributed by atoms with Gasteiger partial charge in [-0.05, 0) is 36.3 Å². The lowest BCUT2D eigenvalue weighted by atomic mass is 10.0. The molecule has 1 amide bonds. The van der Waals surface area contributed by atoms with E-state index in [2.05, 4.69) is 10.1 Å². The Hall–Kier alpha value is -3.61. The molecular formula is C23H25NO6. The summed E-state index contributed by atoms with van der Waals surface area (Å²) in [7, 11) is 2.74. The second kappa shape index (κ2) is 10.8. The normalized spacial score (nSPS) is 11.6. The molecule has 0 bridgehead atoms. The Morgan fingerprint density at radius 1 is 1.03 bits per heavy atom. The van der Waals surface area contributed by atoms with Gasteiger partial charge in [-0.15, -0.1) is 0 Å². The fourth-order valence-corrected chi connectivity index (χ4v) is 2.73. The van der Waals surface area contributed by atoms with E-state index in [-0.39, 0.29) is 18.1 Å². The largest absolute Gasteiger partial charge is 0.493 e. The molecule has 158 valence electrons. The SMILES string of the molecule is COC(=O)/C=C\c1ccc(OC(=O)C[C@H](NC(C)=O)c2ccc(C)cc2)c(OC)c1. The lowest BCUT2D eigenvalue weighted by Crippen LogP contribution is -2.29. The van der Waals surface area contributed by atoms with Crippen LogP contribution >= 0.6 is 0 Å². The van der Waals surface area contributed by atoms with Gasteiger partial charge in [0, 0.05) is 13.0 Å². The molecule has 30 heavy (non-hydrogen) atoms. The smallest absolute Gasteiger partial charge is 0.330 e.